The molecule has 1 saturated carbocycles. The minimum absolute atomic E-state index is 0.154. The van der Waals surface area contributed by atoms with Gasteiger partial charge in [-0.05, 0) is 12.8 Å². The molecule has 94 valence electrons. The van der Waals surface area contributed by atoms with Gasteiger partial charge in [-0.3, -0.25) is 4.79 Å². The summed E-state index contributed by atoms with van der Waals surface area (Å²) in [6.45, 7) is 0.158. The summed E-state index contributed by atoms with van der Waals surface area (Å²) in [6, 6.07) is -0.154. The molecule has 1 aliphatic carbocycles. The zero-order chi connectivity index (χ0) is 12.0. The molecule has 3 atom stereocenters. The summed E-state index contributed by atoms with van der Waals surface area (Å²) in [6.07, 6.45) is 3.71. The standard InChI is InChI=1S/C11H22N2O3/c1-16-10(7-12)11(15)13-8-5-3-2-4-6-9(8)14/h8-10,14H,2-7,12H2,1H3,(H,13,15). The van der Waals surface area contributed by atoms with E-state index in [4.69, 9.17) is 10.5 Å². The van der Waals surface area contributed by atoms with E-state index in [1.165, 1.54) is 7.11 Å². The second kappa shape index (κ2) is 6.83. The first-order valence-electron chi connectivity index (χ1n) is 5.90. The number of aliphatic hydroxyl groups is 1. The normalized spacial score (nSPS) is 28.2. The Hall–Kier alpha value is -0.650. The number of amides is 1. The third-order valence-corrected chi connectivity index (χ3v) is 3.10. The molecule has 1 fully saturated rings. The predicted octanol–water partition coefficient (Wildman–Crippen LogP) is -0.230. The van der Waals surface area contributed by atoms with Crippen molar-refractivity contribution < 1.29 is 14.6 Å². The summed E-state index contributed by atoms with van der Waals surface area (Å²) in [5.41, 5.74) is 5.41. The predicted molar refractivity (Wildman–Crippen MR) is 60.9 cm³/mol. The fourth-order valence-electron chi connectivity index (χ4n) is 2.04. The molecule has 0 aromatic carbocycles. The fraction of sp³-hybridized carbons (Fsp3) is 0.909. The molecule has 0 aromatic heterocycles. The third kappa shape index (κ3) is 3.73. The lowest BCUT2D eigenvalue weighted by Gasteiger charge is -2.23. The van der Waals surface area contributed by atoms with Crippen LogP contribution in [0.1, 0.15) is 32.1 Å². The van der Waals surface area contributed by atoms with Gasteiger partial charge in [-0.15, -0.1) is 0 Å². The lowest BCUT2D eigenvalue weighted by atomic mass is 10.1. The number of nitrogens with two attached hydrogens (primary N) is 1. The molecule has 4 N–H and O–H groups in total. The molecule has 0 saturated heterocycles. The Morgan fingerprint density at radius 3 is 2.81 bits per heavy atom. The zero-order valence-electron chi connectivity index (χ0n) is 9.82. The molecule has 0 heterocycles. The van der Waals surface area contributed by atoms with Crippen LogP contribution in [0.5, 0.6) is 0 Å². The maximum absolute atomic E-state index is 11.7. The van der Waals surface area contributed by atoms with Gasteiger partial charge in [-0.25, -0.2) is 0 Å². The van der Waals surface area contributed by atoms with Gasteiger partial charge < -0.3 is 20.9 Å². The van der Waals surface area contributed by atoms with E-state index >= 15 is 0 Å². The average molecular weight is 230 g/mol. The molecule has 1 amide bonds. The number of rotatable bonds is 4. The van der Waals surface area contributed by atoms with Crippen LogP contribution in [0.15, 0.2) is 0 Å². The van der Waals surface area contributed by atoms with Gasteiger partial charge in [0.05, 0.1) is 12.1 Å². The van der Waals surface area contributed by atoms with Crippen LogP contribution in [-0.2, 0) is 9.53 Å². The fourth-order valence-corrected chi connectivity index (χ4v) is 2.04. The molecule has 0 aliphatic heterocycles. The van der Waals surface area contributed by atoms with E-state index in [0.717, 1.165) is 32.1 Å². The van der Waals surface area contributed by atoms with Crippen LogP contribution in [0.2, 0.25) is 0 Å². The number of carbonyl (C=O) groups excluding carboxylic acids is 1. The summed E-state index contributed by atoms with van der Waals surface area (Å²) in [5.74, 6) is -0.226. The molecule has 1 rings (SSSR count). The first kappa shape index (κ1) is 13.4. The van der Waals surface area contributed by atoms with E-state index in [2.05, 4.69) is 5.32 Å². The molecule has 0 aromatic rings. The van der Waals surface area contributed by atoms with Crippen LogP contribution in [0.4, 0.5) is 0 Å². The minimum Gasteiger partial charge on any atom is -0.391 e. The molecule has 5 nitrogen and oxygen atoms in total. The maximum Gasteiger partial charge on any atom is 0.250 e. The number of hydrogen-bond acceptors (Lipinski definition) is 4. The molecular formula is C11H22N2O3. The summed E-state index contributed by atoms with van der Waals surface area (Å²) < 4.78 is 4.95. The number of aliphatic hydroxyl groups excluding tert-OH is 1. The van der Waals surface area contributed by atoms with Crippen molar-refractivity contribution in [3.8, 4) is 0 Å². The lowest BCUT2D eigenvalue weighted by Crippen LogP contribution is -2.49. The quantitative estimate of drug-likeness (QED) is 0.582. The van der Waals surface area contributed by atoms with E-state index in [9.17, 15) is 9.90 Å². The average Bonchev–Trinajstić information content (AvgIpc) is 2.46. The van der Waals surface area contributed by atoms with Gasteiger partial charge in [0.15, 0.2) is 0 Å². The summed E-state index contributed by atoms with van der Waals surface area (Å²) in [7, 11) is 1.46. The van der Waals surface area contributed by atoms with Crippen LogP contribution in [0, 0.1) is 0 Å². The van der Waals surface area contributed by atoms with Crippen molar-refractivity contribution in [3.05, 3.63) is 0 Å². The second-order valence-electron chi connectivity index (χ2n) is 4.28. The van der Waals surface area contributed by atoms with E-state index in [0.29, 0.717) is 0 Å². The molecule has 5 heteroatoms. The van der Waals surface area contributed by atoms with Gasteiger partial charge in [-0.1, -0.05) is 19.3 Å². The van der Waals surface area contributed by atoms with Crippen LogP contribution in [-0.4, -0.2) is 42.9 Å². The maximum atomic E-state index is 11.7. The number of methoxy groups -OCH3 is 1. The molecule has 1 aliphatic rings. The van der Waals surface area contributed by atoms with Crippen molar-refractivity contribution >= 4 is 5.91 Å². The third-order valence-electron chi connectivity index (χ3n) is 3.10. The highest BCUT2D eigenvalue weighted by molar-refractivity contribution is 5.81. The largest absolute Gasteiger partial charge is 0.391 e. The van der Waals surface area contributed by atoms with E-state index in [1.807, 2.05) is 0 Å². The molecule has 0 radical (unpaired) electrons. The second-order valence-corrected chi connectivity index (χ2v) is 4.28. The van der Waals surface area contributed by atoms with Crippen molar-refractivity contribution in [2.45, 2.75) is 50.4 Å². The summed E-state index contributed by atoms with van der Waals surface area (Å²) in [4.78, 5) is 11.7. The van der Waals surface area contributed by atoms with Gasteiger partial charge in [0, 0.05) is 13.7 Å². The molecule has 16 heavy (non-hydrogen) atoms. The Morgan fingerprint density at radius 2 is 2.19 bits per heavy atom. The Labute approximate surface area is 96.3 Å². The van der Waals surface area contributed by atoms with Gasteiger partial charge in [0.1, 0.15) is 6.10 Å². The van der Waals surface area contributed by atoms with E-state index < -0.39 is 12.2 Å². The van der Waals surface area contributed by atoms with E-state index in [-0.39, 0.29) is 18.5 Å². The Bertz CT molecular complexity index is 219. The first-order chi connectivity index (χ1) is 7.69. The lowest BCUT2D eigenvalue weighted by molar-refractivity contribution is -0.132. The number of ether oxygens (including phenoxy) is 1. The van der Waals surface area contributed by atoms with Crippen LogP contribution >= 0.6 is 0 Å². The Morgan fingerprint density at radius 1 is 1.50 bits per heavy atom. The number of hydrogen-bond donors (Lipinski definition) is 3. The summed E-state index contributed by atoms with van der Waals surface area (Å²) >= 11 is 0. The van der Waals surface area contributed by atoms with Crippen molar-refractivity contribution in [2.75, 3.05) is 13.7 Å². The highest BCUT2D eigenvalue weighted by Gasteiger charge is 2.25. The van der Waals surface area contributed by atoms with Crippen LogP contribution < -0.4 is 11.1 Å². The van der Waals surface area contributed by atoms with E-state index in [1.54, 1.807) is 0 Å². The smallest absolute Gasteiger partial charge is 0.250 e. The van der Waals surface area contributed by atoms with Gasteiger partial charge in [0.25, 0.3) is 5.91 Å². The van der Waals surface area contributed by atoms with Crippen molar-refractivity contribution in [2.24, 2.45) is 5.73 Å². The van der Waals surface area contributed by atoms with Gasteiger partial charge in [0.2, 0.25) is 0 Å². The molecule has 0 spiro atoms. The topological polar surface area (TPSA) is 84.6 Å². The van der Waals surface area contributed by atoms with Crippen molar-refractivity contribution in [1.29, 1.82) is 0 Å². The first-order valence-corrected chi connectivity index (χ1v) is 5.90. The Kier molecular flexibility index (Phi) is 5.73. The Balaban J connectivity index is 2.47. The highest BCUT2D eigenvalue weighted by Crippen LogP contribution is 2.18. The molecular weight excluding hydrogens is 208 g/mol. The van der Waals surface area contributed by atoms with Crippen molar-refractivity contribution in [1.82, 2.24) is 5.32 Å². The minimum atomic E-state index is -0.615. The SMILES string of the molecule is COC(CN)C(=O)NC1CCCCCC1O. The summed E-state index contributed by atoms with van der Waals surface area (Å²) in [5, 5.41) is 12.7. The molecule has 3 unspecified atom stereocenters. The zero-order valence-corrected chi connectivity index (χ0v) is 9.82. The number of nitrogens with one attached hydrogen (secondary N) is 1. The van der Waals surface area contributed by atoms with Crippen molar-refractivity contribution in [3.63, 3.8) is 0 Å². The van der Waals surface area contributed by atoms with Crippen LogP contribution in [0.25, 0.3) is 0 Å². The monoisotopic (exact) mass is 230 g/mol. The highest BCUT2D eigenvalue weighted by atomic mass is 16.5. The van der Waals surface area contributed by atoms with Gasteiger partial charge in [-0.2, -0.15) is 0 Å². The molecule has 0 bridgehead atoms. The van der Waals surface area contributed by atoms with Gasteiger partial charge >= 0.3 is 0 Å². The van der Waals surface area contributed by atoms with Crippen LogP contribution in [0.3, 0.4) is 0 Å². The number of carbonyl (C=O) groups is 1.